The molecular formula is C24H25ClF3N3O5S3. The topological polar surface area (TPSA) is 121 Å². The molecule has 0 spiro atoms. The first-order valence-electron chi connectivity index (χ1n) is 11.3. The van der Waals surface area contributed by atoms with Gasteiger partial charge in [-0.3, -0.25) is 4.79 Å². The number of benzene rings is 2. The summed E-state index contributed by atoms with van der Waals surface area (Å²) in [5, 5.41) is 6.07. The lowest BCUT2D eigenvalue weighted by Gasteiger charge is -2.26. The fourth-order valence-corrected chi connectivity index (χ4v) is 6.66. The van der Waals surface area contributed by atoms with Gasteiger partial charge in [-0.05, 0) is 60.0 Å². The number of sulfonamides is 1. The molecule has 3 N–H and O–H groups in total. The summed E-state index contributed by atoms with van der Waals surface area (Å²) in [6.45, 7) is 3.68. The van der Waals surface area contributed by atoms with E-state index in [0.29, 0.717) is 15.5 Å². The lowest BCUT2D eigenvalue weighted by molar-refractivity contribution is -0.0436. The summed E-state index contributed by atoms with van der Waals surface area (Å²) in [6, 6.07) is 13.7. The molecule has 0 aliphatic rings. The Balaban J connectivity index is 1.56. The smallest absolute Gasteiger partial charge is 0.384 e. The Morgan fingerprint density at radius 2 is 1.62 bits per heavy atom. The highest BCUT2D eigenvalue weighted by Crippen LogP contribution is 2.31. The van der Waals surface area contributed by atoms with Crippen LogP contribution < -0.4 is 15.4 Å². The van der Waals surface area contributed by atoms with Crippen LogP contribution in [0, 0.1) is 5.41 Å². The van der Waals surface area contributed by atoms with E-state index in [0.717, 1.165) is 23.5 Å². The largest absolute Gasteiger partial charge is 0.501 e. The highest BCUT2D eigenvalue weighted by molar-refractivity contribution is 7.92. The lowest BCUT2D eigenvalue weighted by Crippen LogP contribution is -2.37. The van der Waals surface area contributed by atoms with Gasteiger partial charge < -0.3 is 10.6 Å². The van der Waals surface area contributed by atoms with E-state index >= 15 is 0 Å². The van der Waals surface area contributed by atoms with Crippen LogP contribution in [0.1, 0.15) is 29.1 Å². The van der Waals surface area contributed by atoms with Crippen LogP contribution in [0.4, 0.5) is 18.9 Å². The molecule has 1 heterocycles. The van der Waals surface area contributed by atoms with Crippen LogP contribution in [-0.4, -0.2) is 41.3 Å². The van der Waals surface area contributed by atoms with E-state index in [-0.39, 0.29) is 35.4 Å². The molecule has 0 saturated carbocycles. The number of sulfone groups is 1. The molecule has 0 aliphatic heterocycles. The van der Waals surface area contributed by atoms with Crippen molar-refractivity contribution in [3.63, 3.8) is 0 Å². The van der Waals surface area contributed by atoms with Crippen molar-refractivity contribution in [1.29, 1.82) is 0 Å². The van der Waals surface area contributed by atoms with Gasteiger partial charge in [0.2, 0.25) is 10.0 Å². The summed E-state index contributed by atoms with van der Waals surface area (Å²) in [5.41, 5.74) is -5.58. The number of rotatable bonds is 11. The molecule has 2 aromatic carbocycles. The second-order valence-corrected chi connectivity index (χ2v) is 14.8. The zero-order valence-corrected chi connectivity index (χ0v) is 23.9. The second-order valence-electron chi connectivity index (χ2n) is 9.23. The monoisotopic (exact) mass is 623 g/mol. The van der Waals surface area contributed by atoms with Crippen molar-refractivity contribution in [2.45, 2.75) is 35.0 Å². The molecule has 0 saturated heterocycles. The maximum atomic E-state index is 12.8. The molecule has 0 bridgehead atoms. The van der Waals surface area contributed by atoms with E-state index in [4.69, 9.17) is 11.6 Å². The minimum absolute atomic E-state index is 0.0244. The molecule has 0 radical (unpaired) electrons. The predicted octanol–water partition coefficient (Wildman–Crippen LogP) is 5.04. The van der Waals surface area contributed by atoms with Crippen LogP contribution in [0.5, 0.6) is 0 Å². The third-order valence-electron chi connectivity index (χ3n) is 5.39. The average Bonchev–Trinajstić information content (AvgIpc) is 3.35. The summed E-state index contributed by atoms with van der Waals surface area (Å²) in [5.74, 6) is -0.335. The SMILES string of the molecule is CC(C)(CNc1cccc(S(=O)(=O)C(F)(F)F)c1)CNS(=O)(=O)c1ccc(CNC(=O)c2ccc(Cl)cc2)s1. The first kappa shape index (κ1) is 30.9. The summed E-state index contributed by atoms with van der Waals surface area (Å²) in [7, 11) is -9.38. The van der Waals surface area contributed by atoms with E-state index in [1.807, 2.05) is 0 Å². The molecule has 0 fully saturated rings. The third-order valence-corrected chi connectivity index (χ3v) is 10.1. The number of carbonyl (C=O) groups is 1. The van der Waals surface area contributed by atoms with Gasteiger partial charge in [-0.1, -0.05) is 31.5 Å². The maximum absolute atomic E-state index is 12.8. The lowest BCUT2D eigenvalue weighted by atomic mass is 9.94. The van der Waals surface area contributed by atoms with Crippen LogP contribution >= 0.6 is 22.9 Å². The number of amides is 1. The molecule has 3 rings (SSSR count). The van der Waals surface area contributed by atoms with E-state index in [9.17, 15) is 34.8 Å². The van der Waals surface area contributed by atoms with Gasteiger partial charge in [0.1, 0.15) is 4.21 Å². The summed E-state index contributed by atoms with van der Waals surface area (Å²) >= 11 is 6.81. The van der Waals surface area contributed by atoms with Gasteiger partial charge in [-0.2, -0.15) is 13.2 Å². The first-order valence-corrected chi connectivity index (χ1v) is 15.4. The molecule has 0 unspecified atom stereocenters. The third kappa shape index (κ3) is 8.18. The van der Waals surface area contributed by atoms with Crippen molar-refractivity contribution in [3.8, 4) is 0 Å². The maximum Gasteiger partial charge on any atom is 0.501 e. The number of alkyl halides is 3. The predicted molar refractivity (Wildman–Crippen MR) is 144 cm³/mol. The van der Waals surface area contributed by atoms with Gasteiger partial charge in [0.15, 0.2) is 0 Å². The normalized spacial score (nSPS) is 12.8. The van der Waals surface area contributed by atoms with Crippen LogP contribution in [0.3, 0.4) is 0 Å². The number of hydrogen-bond acceptors (Lipinski definition) is 7. The van der Waals surface area contributed by atoms with Crippen LogP contribution in [0.2, 0.25) is 5.02 Å². The van der Waals surface area contributed by atoms with E-state index < -0.39 is 35.7 Å². The summed E-state index contributed by atoms with van der Waals surface area (Å²) in [6.07, 6.45) is 0. The van der Waals surface area contributed by atoms with Crippen LogP contribution in [0.15, 0.2) is 69.8 Å². The minimum atomic E-state index is -5.49. The molecule has 1 aromatic heterocycles. The van der Waals surface area contributed by atoms with Crippen molar-refractivity contribution in [1.82, 2.24) is 10.0 Å². The molecular weight excluding hydrogens is 599 g/mol. The molecule has 39 heavy (non-hydrogen) atoms. The van der Waals surface area contributed by atoms with Gasteiger partial charge in [-0.15, -0.1) is 11.3 Å². The summed E-state index contributed by atoms with van der Waals surface area (Å²) < 4.78 is 90.0. The number of anilines is 1. The highest BCUT2D eigenvalue weighted by atomic mass is 35.5. The molecule has 15 heteroatoms. The number of thiophene rings is 1. The number of carbonyl (C=O) groups excluding carboxylic acids is 1. The zero-order valence-electron chi connectivity index (χ0n) is 20.7. The van der Waals surface area contributed by atoms with Crippen molar-refractivity contribution in [3.05, 3.63) is 76.1 Å². The van der Waals surface area contributed by atoms with Gasteiger partial charge in [-0.25, -0.2) is 21.6 Å². The second kappa shape index (κ2) is 11.8. The Labute approximate surface area is 233 Å². The van der Waals surface area contributed by atoms with Crippen molar-refractivity contribution >= 4 is 54.4 Å². The Morgan fingerprint density at radius 1 is 0.949 bits per heavy atom. The Hall–Kier alpha value is -2.65. The van der Waals surface area contributed by atoms with Crippen LogP contribution in [0.25, 0.3) is 0 Å². The van der Waals surface area contributed by atoms with Gasteiger partial charge in [0.25, 0.3) is 15.7 Å². The summed E-state index contributed by atoms with van der Waals surface area (Å²) in [4.78, 5) is 12.0. The van der Waals surface area contributed by atoms with Crippen molar-refractivity contribution in [2.75, 3.05) is 18.4 Å². The molecule has 212 valence electrons. The molecule has 3 aromatic rings. The quantitative estimate of drug-likeness (QED) is 0.275. The number of hydrogen-bond donors (Lipinski definition) is 3. The Bertz CT molecular complexity index is 1540. The Morgan fingerprint density at radius 3 is 2.26 bits per heavy atom. The van der Waals surface area contributed by atoms with Crippen molar-refractivity contribution in [2.24, 2.45) is 5.41 Å². The zero-order chi connectivity index (χ0) is 29.1. The average molecular weight is 624 g/mol. The fourth-order valence-electron chi connectivity index (χ4n) is 3.14. The first-order chi connectivity index (χ1) is 18.0. The van der Waals surface area contributed by atoms with Gasteiger partial charge in [0, 0.05) is 34.2 Å². The molecule has 1 amide bonds. The number of halogens is 4. The highest BCUT2D eigenvalue weighted by Gasteiger charge is 2.46. The van der Waals surface area contributed by atoms with E-state index in [2.05, 4.69) is 15.4 Å². The molecule has 0 aliphatic carbocycles. The van der Waals surface area contributed by atoms with E-state index in [1.165, 1.54) is 18.2 Å². The standard InChI is InChI=1S/C24H25ClF3N3O5S3/c1-23(2,14-30-18-4-3-5-20(12-18)38(33,34)24(26,27)28)15-31-39(35,36)21-11-10-19(37-21)13-29-22(32)16-6-8-17(25)9-7-16/h3-12,30-31H,13-15H2,1-2H3,(H,29,32). The molecule has 0 atom stereocenters. The fraction of sp³-hybridized carbons (Fsp3) is 0.292. The molecule has 8 nitrogen and oxygen atoms in total. The van der Waals surface area contributed by atoms with E-state index in [1.54, 1.807) is 44.2 Å². The van der Waals surface area contributed by atoms with Crippen molar-refractivity contribution < 1.29 is 34.8 Å². The Kier molecular flexibility index (Phi) is 9.38. The van der Waals surface area contributed by atoms with Crippen LogP contribution in [-0.2, 0) is 26.4 Å². The minimum Gasteiger partial charge on any atom is -0.384 e. The van der Waals surface area contributed by atoms with Gasteiger partial charge >= 0.3 is 5.51 Å². The number of nitrogens with one attached hydrogen (secondary N) is 3. The van der Waals surface area contributed by atoms with Gasteiger partial charge in [0.05, 0.1) is 11.4 Å².